The highest BCUT2D eigenvalue weighted by Gasteiger charge is 2.14. The minimum atomic E-state index is -0.505. The van der Waals surface area contributed by atoms with Crippen molar-refractivity contribution in [1.82, 2.24) is 0 Å². The van der Waals surface area contributed by atoms with Crippen LogP contribution < -0.4 is 5.43 Å². The van der Waals surface area contributed by atoms with E-state index in [1.807, 2.05) is 0 Å². The summed E-state index contributed by atoms with van der Waals surface area (Å²) in [4.78, 5) is 10.4. The largest absolute Gasteiger partial charge is 0.455 e. The number of nitro benzene ring substituents is 1. The first-order chi connectivity index (χ1) is 12.8. The molecule has 0 atom stereocenters. The molecule has 138 valence electrons. The highest BCUT2D eigenvalue weighted by atomic mass is 35.5. The third-order valence-corrected chi connectivity index (χ3v) is 4.57. The van der Waals surface area contributed by atoms with Gasteiger partial charge in [0.15, 0.2) is 0 Å². The fourth-order valence-electron chi connectivity index (χ4n) is 2.19. The Hall–Kier alpha value is -2.25. The number of furan rings is 1. The molecule has 6 nitrogen and oxygen atoms in total. The third kappa shape index (κ3) is 4.54. The van der Waals surface area contributed by atoms with Crippen molar-refractivity contribution in [3.05, 3.63) is 78.4 Å². The van der Waals surface area contributed by atoms with Crippen LogP contribution in [0.5, 0.6) is 0 Å². The van der Waals surface area contributed by atoms with E-state index in [4.69, 9.17) is 50.8 Å². The van der Waals surface area contributed by atoms with Gasteiger partial charge in [-0.25, -0.2) is 0 Å². The molecule has 1 N–H and O–H groups in total. The lowest BCUT2D eigenvalue weighted by Crippen LogP contribution is -1.92. The number of nitro groups is 1. The maximum Gasteiger partial charge on any atom is 0.270 e. The molecule has 0 saturated heterocycles. The molecule has 0 aliphatic carbocycles. The van der Waals surface area contributed by atoms with Gasteiger partial charge in [-0.05, 0) is 30.3 Å². The topological polar surface area (TPSA) is 80.7 Å². The van der Waals surface area contributed by atoms with Crippen molar-refractivity contribution >= 4 is 64.0 Å². The molecular formula is C17H9Cl4N3O3. The van der Waals surface area contributed by atoms with E-state index in [9.17, 15) is 10.1 Å². The fourth-order valence-corrected chi connectivity index (χ4v) is 3.30. The summed E-state index contributed by atoms with van der Waals surface area (Å²) in [6.07, 6.45) is 1.40. The molecule has 0 radical (unpaired) electrons. The summed E-state index contributed by atoms with van der Waals surface area (Å²) in [7, 11) is 0. The second-order valence-electron chi connectivity index (χ2n) is 5.24. The average Bonchev–Trinajstić information content (AvgIpc) is 3.06. The molecule has 0 aliphatic rings. The molecule has 1 heterocycles. The number of hydrogen-bond acceptors (Lipinski definition) is 5. The van der Waals surface area contributed by atoms with Gasteiger partial charge in [0.25, 0.3) is 5.69 Å². The molecule has 0 spiro atoms. The van der Waals surface area contributed by atoms with Gasteiger partial charge in [-0.3, -0.25) is 15.5 Å². The average molecular weight is 445 g/mol. The predicted octanol–water partition coefficient (Wildman–Crippen LogP) is 6.91. The van der Waals surface area contributed by atoms with Crippen molar-refractivity contribution in [3.63, 3.8) is 0 Å². The SMILES string of the molecule is O=[N+]([O-])c1ccc(Cl)c(-c2ccc(/C=N/Nc3c(Cl)cc(Cl)cc3Cl)o2)c1. The van der Waals surface area contributed by atoms with Gasteiger partial charge >= 0.3 is 0 Å². The Morgan fingerprint density at radius 1 is 1.00 bits per heavy atom. The van der Waals surface area contributed by atoms with E-state index < -0.39 is 4.92 Å². The summed E-state index contributed by atoms with van der Waals surface area (Å²) in [5.41, 5.74) is 3.43. The predicted molar refractivity (Wildman–Crippen MR) is 108 cm³/mol. The monoisotopic (exact) mass is 443 g/mol. The van der Waals surface area contributed by atoms with Crippen molar-refractivity contribution < 1.29 is 9.34 Å². The molecule has 0 fully saturated rings. The highest BCUT2D eigenvalue weighted by Crippen LogP contribution is 2.34. The first kappa shape index (κ1) is 19.5. The maximum absolute atomic E-state index is 10.9. The van der Waals surface area contributed by atoms with E-state index in [1.54, 1.807) is 12.1 Å². The van der Waals surface area contributed by atoms with Gasteiger partial charge in [0, 0.05) is 22.7 Å². The number of anilines is 1. The molecule has 1 aromatic heterocycles. The Labute approximate surface area is 173 Å². The zero-order valence-electron chi connectivity index (χ0n) is 13.2. The Morgan fingerprint density at radius 2 is 1.70 bits per heavy atom. The molecule has 0 bridgehead atoms. The van der Waals surface area contributed by atoms with Crippen LogP contribution in [0.3, 0.4) is 0 Å². The summed E-state index contributed by atoms with van der Waals surface area (Å²) in [5, 5.41) is 16.3. The van der Waals surface area contributed by atoms with Gasteiger partial charge in [-0.1, -0.05) is 46.4 Å². The fraction of sp³-hybridized carbons (Fsp3) is 0. The van der Waals surface area contributed by atoms with Crippen LogP contribution in [-0.2, 0) is 0 Å². The van der Waals surface area contributed by atoms with Crippen LogP contribution in [0.25, 0.3) is 11.3 Å². The quantitative estimate of drug-likeness (QED) is 0.263. The zero-order chi connectivity index (χ0) is 19.6. The first-order valence-electron chi connectivity index (χ1n) is 7.33. The standard InChI is InChI=1S/C17H9Cl4N3O3/c18-9-5-14(20)17(15(21)6-9)23-22-8-11-2-4-16(27-11)12-7-10(24(25)26)1-3-13(12)19/h1-8,23H/b22-8+. The van der Waals surface area contributed by atoms with Crippen LogP contribution in [-0.4, -0.2) is 11.1 Å². The molecular weight excluding hydrogens is 436 g/mol. The molecule has 0 saturated carbocycles. The lowest BCUT2D eigenvalue weighted by atomic mass is 10.1. The summed E-state index contributed by atoms with van der Waals surface area (Å²) >= 11 is 24.1. The van der Waals surface area contributed by atoms with Gasteiger partial charge < -0.3 is 4.42 Å². The number of non-ortho nitro benzene ring substituents is 1. The van der Waals surface area contributed by atoms with Gasteiger partial charge in [0.2, 0.25) is 0 Å². The van der Waals surface area contributed by atoms with Crippen molar-refractivity contribution in [1.29, 1.82) is 0 Å². The summed E-state index contributed by atoms with van der Waals surface area (Å²) < 4.78 is 5.62. The van der Waals surface area contributed by atoms with Crippen LogP contribution in [0.2, 0.25) is 20.1 Å². The number of hydrogen-bond donors (Lipinski definition) is 1. The molecule has 0 unspecified atom stereocenters. The Kier molecular flexibility index (Phi) is 5.92. The number of rotatable bonds is 5. The van der Waals surface area contributed by atoms with Crippen LogP contribution in [0.15, 0.2) is 52.0 Å². The number of nitrogens with one attached hydrogen (secondary N) is 1. The van der Waals surface area contributed by atoms with E-state index in [1.165, 1.54) is 36.5 Å². The first-order valence-corrected chi connectivity index (χ1v) is 8.84. The zero-order valence-corrected chi connectivity index (χ0v) is 16.3. The van der Waals surface area contributed by atoms with E-state index in [0.29, 0.717) is 42.9 Å². The van der Waals surface area contributed by atoms with Crippen LogP contribution in [0.1, 0.15) is 5.76 Å². The number of nitrogens with zero attached hydrogens (tertiary/aromatic N) is 2. The summed E-state index contributed by atoms with van der Waals surface area (Å²) in [5.74, 6) is 0.758. The van der Waals surface area contributed by atoms with Gasteiger partial charge in [0.05, 0.1) is 31.9 Å². The Balaban J connectivity index is 1.80. The van der Waals surface area contributed by atoms with Crippen molar-refractivity contribution in [2.45, 2.75) is 0 Å². The minimum Gasteiger partial charge on any atom is -0.455 e. The number of hydrazone groups is 1. The highest BCUT2D eigenvalue weighted by molar-refractivity contribution is 6.41. The molecule has 27 heavy (non-hydrogen) atoms. The van der Waals surface area contributed by atoms with E-state index >= 15 is 0 Å². The van der Waals surface area contributed by atoms with Crippen molar-refractivity contribution in [3.8, 4) is 11.3 Å². The molecule has 3 aromatic rings. The molecule has 0 amide bonds. The Morgan fingerprint density at radius 3 is 2.37 bits per heavy atom. The van der Waals surface area contributed by atoms with Gasteiger partial charge in [-0.15, -0.1) is 0 Å². The second-order valence-corrected chi connectivity index (χ2v) is 6.90. The summed E-state index contributed by atoms with van der Waals surface area (Å²) in [6.45, 7) is 0. The minimum absolute atomic E-state index is 0.0882. The van der Waals surface area contributed by atoms with Gasteiger partial charge in [-0.2, -0.15) is 5.10 Å². The summed E-state index contributed by atoms with van der Waals surface area (Å²) in [6, 6.07) is 10.4. The van der Waals surface area contributed by atoms with E-state index in [-0.39, 0.29) is 5.69 Å². The lowest BCUT2D eigenvalue weighted by Gasteiger charge is -2.06. The maximum atomic E-state index is 10.9. The molecule has 10 heteroatoms. The lowest BCUT2D eigenvalue weighted by molar-refractivity contribution is -0.384. The molecule has 3 rings (SSSR count). The third-order valence-electron chi connectivity index (χ3n) is 3.43. The smallest absolute Gasteiger partial charge is 0.270 e. The number of benzene rings is 2. The normalized spacial score (nSPS) is 11.1. The Bertz CT molecular complexity index is 1030. The molecule has 0 aliphatic heterocycles. The number of halogens is 4. The van der Waals surface area contributed by atoms with E-state index in [0.717, 1.165) is 0 Å². The second kappa shape index (κ2) is 8.19. The van der Waals surface area contributed by atoms with Gasteiger partial charge in [0.1, 0.15) is 11.5 Å². The van der Waals surface area contributed by atoms with Crippen molar-refractivity contribution in [2.75, 3.05) is 5.43 Å². The van der Waals surface area contributed by atoms with Crippen molar-refractivity contribution in [2.24, 2.45) is 5.10 Å². The van der Waals surface area contributed by atoms with Crippen LogP contribution >= 0.6 is 46.4 Å². The van der Waals surface area contributed by atoms with Crippen LogP contribution in [0, 0.1) is 10.1 Å². The van der Waals surface area contributed by atoms with E-state index in [2.05, 4.69) is 10.5 Å². The molecule has 2 aromatic carbocycles. The van der Waals surface area contributed by atoms with Crippen LogP contribution in [0.4, 0.5) is 11.4 Å².